The van der Waals surface area contributed by atoms with Gasteiger partial charge in [-0.25, -0.2) is 14.6 Å². The number of H-pyrrole nitrogens is 1. The molecule has 3 aromatic heterocycles. The van der Waals surface area contributed by atoms with Crippen molar-refractivity contribution in [3.8, 4) is 12.1 Å². The Kier molecular flexibility index (Phi) is 4.38. The number of nitrogens with zero attached hydrogens (tertiary/aromatic N) is 6. The minimum absolute atomic E-state index is 0.00319. The van der Waals surface area contributed by atoms with Crippen molar-refractivity contribution in [3.05, 3.63) is 34.9 Å². The zero-order chi connectivity index (χ0) is 18.8. The van der Waals surface area contributed by atoms with Gasteiger partial charge in [-0.1, -0.05) is 6.92 Å². The molecule has 0 unspecified atom stereocenters. The number of fused-ring (bicyclic) bond motifs is 1. The van der Waals surface area contributed by atoms with E-state index in [1.54, 1.807) is 29.9 Å². The quantitative estimate of drug-likeness (QED) is 0.743. The predicted octanol–water partition coefficient (Wildman–Crippen LogP) is 2.43. The third-order valence-electron chi connectivity index (χ3n) is 4.10. The summed E-state index contributed by atoms with van der Waals surface area (Å²) >= 11 is 0. The fourth-order valence-electron chi connectivity index (χ4n) is 2.60. The number of aromatic nitrogens is 5. The molecule has 0 aliphatic heterocycles. The van der Waals surface area contributed by atoms with Gasteiger partial charge in [0.05, 0.1) is 23.2 Å². The lowest BCUT2D eigenvalue weighted by Crippen LogP contribution is -2.14. The van der Waals surface area contributed by atoms with Crippen LogP contribution in [0.5, 0.6) is 0 Å². The highest BCUT2D eigenvalue weighted by Crippen LogP contribution is 2.23. The van der Waals surface area contributed by atoms with Crippen molar-refractivity contribution >= 4 is 22.9 Å². The molecular weight excluding hydrogens is 332 g/mol. The number of rotatable bonds is 4. The number of imidazole rings is 1. The summed E-state index contributed by atoms with van der Waals surface area (Å²) in [5.74, 6) is -0.382. The number of hydrogen-bond acceptors (Lipinski definition) is 6. The molecule has 9 nitrogen and oxygen atoms in total. The van der Waals surface area contributed by atoms with Crippen LogP contribution in [0.15, 0.2) is 12.3 Å². The average molecular weight is 348 g/mol. The van der Waals surface area contributed by atoms with E-state index in [9.17, 15) is 4.79 Å². The zero-order valence-corrected chi connectivity index (χ0v) is 14.5. The van der Waals surface area contributed by atoms with Crippen LogP contribution in [0.3, 0.4) is 0 Å². The average Bonchev–Trinajstić information content (AvgIpc) is 3.23. The van der Waals surface area contributed by atoms with Crippen LogP contribution in [0.1, 0.15) is 53.7 Å². The van der Waals surface area contributed by atoms with Gasteiger partial charge in [0, 0.05) is 5.69 Å². The Morgan fingerprint density at radius 2 is 2.15 bits per heavy atom. The van der Waals surface area contributed by atoms with E-state index in [0.29, 0.717) is 22.3 Å². The Labute approximate surface area is 149 Å². The lowest BCUT2D eigenvalue weighted by atomic mass is 10.1. The van der Waals surface area contributed by atoms with Crippen LogP contribution in [0.25, 0.3) is 11.0 Å². The van der Waals surface area contributed by atoms with Crippen LogP contribution in [0.2, 0.25) is 0 Å². The van der Waals surface area contributed by atoms with Gasteiger partial charge in [0.1, 0.15) is 12.1 Å². The highest BCUT2D eigenvalue weighted by molar-refractivity contribution is 6.11. The summed E-state index contributed by atoms with van der Waals surface area (Å²) in [6.07, 6.45) is 2.50. The smallest absolute Gasteiger partial charge is 0.258 e. The first-order valence-electron chi connectivity index (χ1n) is 8.04. The lowest BCUT2D eigenvalue weighted by molar-refractivity contribution is 0.102. The van der Waals surface area contributed by atoms with E-state index in [1.807, 2.05) is 13.0 Å². The molecule has 9 heteroatoms. The number of pyridine rings is 1. The molecule has 3 aromatic rings. The third kappa shape index (κ3) is 2.87. The van der Waals surface area contributed by atoms with Crippen LogP contribution in [-0.2, 0) is 0 Å². The van der Waals surface area contributed by atoms with E-state index in [2.05, 4.69) is 32.3 Å². The first-order valence-corrected chi connectivity index (χ1v) is 8.04. The maximum atomic E-state index is 12.7. The minimum atomic E-state index is -0.424. The molecule has 0 spiro atoms. The molecule has 3 rings (SSSR count). The van der Waals surface area contributed by atoms with Gasteiger partial charge < -0.3 is 4.98 Å². The molecule has 3 heterocycles. The van der Waals surface area contributed by atoms with Gasteiger partial charge in [0.2, 0.25) is 5.95 Å². The third-order valence-corrected chi connectivity index (χ3v) is 4.10. The van der Waals surface area contributed by atoms with Crippen LogP contribution in [0, 0.1) is 29.6 Å². The maximum Gasteiger partial charge on any atom is 0.258 e. The molecule has 0 aromatic carbocycles. The van der Waals surface area contributed by atoms with Gasteiger partial charge in [-0.05, 0) is 26.3 Å². The van der Waals surface area contributed by atoms with Crippen molar-refractivity contribution in [2.75, 3.05) is 5.32 Å². The van der Waals surface area contributed by atoms with Crippen molar-refractivity contribution in [2.45, 2.75) is 33.2 Å². The number of carbonyl (C=O) groups excluding carboxylic acids is 1. The molecule has 0 saturated heterocycles. The van der Waals surface area contributed by atoms with E-state index >= 15 is 0 Å². The normalized spacial score (nSPS) is 11.7. The largest absolute Gasteiger partial charge is 0.314 e. The summed E-state index contributed by atoms with van der Waals surface area (Å²) in [6.45, 7) is 5.89. The van der Waals surface area contributed by atoms with Crippen LogP contribution in [0.4, 0.5) is 5.95 Å². The number of anilines is 1. The Hall–Kier alpha value is -3.72. The van der Waals surface area contributed by atoms with E-state index in [4.69, 9.17) is 10.5 Å². The van der Waals surface area contributed by atoms with Gasteiger partial charge in [0.25, 0.3) is 5.91 Å². The van der Waals surface area contributed by atoms with Gasteiger partial charge in [0.15, 0.2) is 17.0 Å². The Morgan fingerprint density at radius 3 is 2.77 bits per heavy atom. The number of aromatic amines is 1. The topological polar surface area (TPSA) is 136 Å². The van der Waals surface area contributed by atoms with Gasteiger partial charge in [-0.15, -0.1) is 0 Å². The van der Waals surface area contributed by atoms with Gasteiger partial charge >= 0.3 is 0 Å². The monoisotopic (exact) mass is 348 g/mol. The molecule has 2 N–H and O–H groups in total. The second-order valence-electron chi connectivity index (χ2n) is 5.88. The van der Waals surface area contributed by atoms with Crippen LogP contribution in [-0.4, -0.2) is 30.6 Å². The van der Waals surface area contributed by atoms with E-state index < -0.39 is 5.91 Å². The standard InChI is InChI=1S/C17H16N8O/c1-4-10(3)25-15-12(8-20-25)11(5-9(2)21-15)16(26)24-17-22-13(6-18)14(7-19)23-17/h5,8,10H,4H2,1-3H3,(H2,22,23,24,26)/t10-/m1/s1. The van der Waals surface area contributed by atoms with Crippen molar-refractivity contribution in [2.24, 2.45) is 0 Å². The van der Waals surface area contributed by atoms with E-state index in [1.165, 1.54) is 0 Å². The highest BCUT2D eigenvalue weighted by Gasteiger charge is 2.19. The Bertz CT molecular complexity index is 1050. The molecule has 0 aliphatic rings. The predicted molar refractivity (Wildman–Crippen MR) is 93.2 cm³/mol. The number of carbonyl (C=O) groups is 1. The van der Waals surface area contributed by atoms with Crippen molar-refractivity contribution in [1.82, 2.24) is 24.7 Å². The summed E-state index contributed by atoms with van der Waals surface area (Å²) in [5, 5.41) is 25.5. The second kappa shape index (κ2) is 6.65. The molecule has 130 valence electrons. The number of nitriles is 2. The summed E-state index contributed by atoms with van der Waals surface area (Å²) in [6, 6.07) is 5.45. The molecule has 0 radical (unpaired) electrons. The van der Waals surface area contributed by atoms with Crippen molar-refractivity contribution < 1.29 is 4.79 Å². The van der Waals surface area contributed by atoms with Crippen LogP contribution >= 0.6 is 0 Å². The number of amides is 1. The summed E-state index contributed by atoms with van der Waals surface area (Å²) in [5.41, 5.74) is 1.66. The summed E-state index contributed by atoms with van der Waals surface area (Å²) in [7, 11) is 0. The molecule has 1 amide bonds. The first kappa shape index (κ1) is 17.1. The maximum absolute atomic E-state index is 12.7. The molecule has 0 saturated carbocycles. The van der Waals surface area contributed by atoms with E-state index in [0.717, 1.165) is 6.42 Å². The fraction of sp³-hybridized carbons (Fsp3) is 0.294. The van der Waals surface area contributed by atoms with E-state index in [-0.39, 0.29) is 23.4 Å². The van der Waals surface area contributed by atoms with Crippen LogP contribution < -0.4 is 5.32 Å². The molecule has 0 fully saturated rings. The zero-order valence-electron chi connectivity index (χ0n) is 14.5. The Morgan fingerprint density at radius 1 is 1.38 bits per heavy atom. The number of aryl methyl sites for hydroxylation is 1. The molecule has 26 heavy (non-hydrogen) atoms. The number of hydrogen-bond donors (Lipinski definition) is 2. The van der Waals surface area contributed by atoms with Gasteiger partial charge in [-0.2, -0.15) is 15.6 Å². The SMILES string of the molecule is CC[C@@H](C)n1ncc2c(C(=O)Nc3nc(C#N)c(C#N)[nH]3)cc(C)nc21. The second-order valence-corrected chi connectivity index (χ2v) is 5.88. The fourth-order valence-corrected chi connectivity index (χ4v) is 2.60. The molecule has 1 atom stereocenters. The molecule has 0 bridgehead atoms. The molecular formula is C17H16N8O. The Balaban J connectivity index is 2.01. The highest BCUT2D eigenvalue weighted by atomic mass is 16.1. The van der Waals surface area contributed by atoms with Crippen molar-refractivity contribution in [3.63, 3.8) is 0 Å². The summed E-state index contributed by atoms with van der Waals surface area (Å²) in [4.78, 5) is 23.8. The summed E-state index contributed by atoms with van der Waals surface area (Å²) < 4.78 is 1.80. The lowest BCUT2D eigenvalue weighted by Gasteiger charge is -2.11. The molecule has 0 aliphatic carbocycles. The first-order chi connectivity index (χ1) is 12.5. The minimum Gasteiger partial charge on any atom is -0.314 e. The number of nitrogens with one attached hydrogen (secondary N) is 2. The van der Waals surface area contributed by atoms with Crippen molar-refractivity contribution in [1.29, 1.82) is 10.5 Å². The van der Waals surface area contributed by atoms with Gasteiger partial charge in [-0.3, -0.25) is 10.1 Å².